The molecule has 0 spiro atoms. The molecule has 1 aromatic rings. The van der Waals surface area contributed by atoms with Crippen LogP contribution in [0.5, 0.6) is 0 Å². The molecule has 2 heterocycles. The van der Waals surface area contributed by atoms with Gasteiger partial charge in [0.05, 0.1) is 12.6 Å². The number of hydrogen-bond donors (Lipinski definition) is 0. The first-order valence-electron chi connectivity index (χ1n) is 7.04. The average molecular weight is 281 g/mol. The Labute approximate surface area is 119 Å². The maximum atomic E-state index is 12.3. The lowest BCUT2D eigenvalue weighted by Crippen LogP contribution is -2.42. The van der Waals surface area contributed by atoms with Gasteiger partial charge in [0, 0.05) is 28.5 Å². The minimum absolute atomic E-state index is 0.249. The van der Waals surface area contributed by atoms with Crippen LogP contribution in [-0.2, 0) is 4.74 Å². The number of aryl methyl sites for hydroxylation is 2. The zero-order valence-electron chi connectivity index (χ0n) is 12.1. The van der Waals surface area contributed by atoms with Crippen LogP contribution in [0.1, 0.15) is 39.9 Å². The monoisotopic (exact) mass is 281 g/mol. The lowest BCUT2D eigenvalue weighted by molar-refractivity contribution is 0.00718. The van der Waals surface area contributed by atoms with E-state index < -0.39 is 0 Å². The molecule has 0 N–H and O–H groups in total. The van der Waals surface area contributed by atoms with Gasteiger partial charge in [0.2, 0.25) is 0 Å². The number of likely N-dealkylation sites (tertiary alicyclic amines) is 1. The largest absolute Gasteiger partial charge is 0.377 e. The van der Waals surface area contributed by atoms with E-state index in [9.17, 15) is 4.79 Å². The number of ketones is 1. The molecule has 19 heavy (non-hydrogen) atoms. The Morgan fingerprint density at radius 3 is 2.95 bits per heavy atom. The minimum Gasteiger partial charge on any atom is -0.377 e. The van der Waals surface area contributed by atoms with E-state index in [2.05, 4.69) is 11.8 Å². The fourth-order valence-corrected chi connectivity index (χ4v) is 3.67. The third-order valence-corrected chi connectivity index (χ3v) is 4.54. The van der Waals surface area contributed by atoms with Gasteiger partial charge in [-0.3, -0.25) is 9.69 Å². The predicted octanol–water partition coefficient (Wildman–Crippen LogP) is 3.05. The summed E-state index contributed by atoms with van der Waals surface area (Å²) >= 11 is 1.70. The molecule has 0 aliphatic carbocycles. The van der Waals surface area contributed by atoms with Crippen molar-refractivity contribution in [3.63, 3.8) is 0 Å². The molecule has 0 amide bonds. The van der Waals surface area contributed by atoms with Gasteiger partial charge in [0.25, 0.3) is 0 Å². The van der Waals surface area contributed by atoms with Crippen LogP contribution in [0.2, 0.25) is 0 Å². The quantitative estimate of drug-likeness (QED) is 0.777. The summed E-state index contributed by atoms with van der Waals surface area (Å²) in [4.78, 5) is 16.9. The van der Waals surface area contributed by atoms with Crippen molar-refractivity contribution in [3.8, 4) is 0 Å². The van der Waals surface area contributed by atoms with E-state index in [1.165, 1.54) is 4.88 Å². The number of nitrogens with zero attached hydrogens (tertiary/aromatic N) is 1. The standard InChI is InChI=1S/C15H23NO2S/c1-4-18-13-6-5-7-16(9-13)10-15(17)14-8-11(2)19-12(14)3/h8,13H,4-7,9-10H2,1-3H3. The Morgan fingerprint density at radius 2 is 2.32 bits per heavy atom. The van der Waals surface area contributed by atoms with Crippen molar-refractivity contribution >= 4 is 17.1 Å². The first-order valence-corrected chi connectivity index (χ1v) is 7.86. The molecule has 0 radical (unpaired) electrons. The summed E-state index contributed by atoms with van der Waals surface area (Å²) in [6.45, 7) is 9.31. The number of carbonyl (C=O) groups is 1. The second-order valence-corrected chi connectivity index (χ2v) is 6.67. The molecule has 0 bridgehead atoms. The molecule has 1 fully saturated rings. The van der Waals surface area contributed by atoms with Crippen molar-refractivity contribution < 1.29 is 9.53 Å². The highest BCUT2D eigenvalue weighted by Crippen LogP contribution is 2.22. The van der Waals surface area contributed by atoms with Crippen LogP contribution in [0.3, 0.4) is 0 Å². The SMILES string of the molecule is CCOC1CCCN(CC(=O)c2cc(C)sc2C)C1. The second kappa shape index (κ2) is 6.64. The average Bonchev–Trinajstić information content (AvgIpc) is 2.69. The van der Waals surface area contributed by atoms with Gasteiger partial charge in [-0.25, -0.2) is 0 Å². The maximum absolute atomic E-state index is 12.3. The third-order valence-electron chi connectivity index (χ3n) is 3.57. The van der Waals surface area contributed by atoms with Crippen LogP contribution in [0.25, 0.3) is 0 Å². The van der Waals surface area contributed by atoms with Gasteiger partial charge in [-0.2, -0.15) is 0 Å². The fraction of sp³-hybridized carbons (Fsp3) is 0.667. The van der Waals surface area contributed by atoms with Gasteiger partial charge in [0.1, 0.15) is 0 Å². The van der Waals surface area contributed by atoms with E-state index in [0.717, 1.165) is 43.0 Å². The van der Waals surface area contributed by atoms with Crippen molar-refractivity contribution in [2.45, 2.75) is 39.7 Å². The molecule has 0 aromatic carbocycles. The van der Waals surface area contributed by atoms with Crippen LogP contribution in [-0.4, -0.2) is 43.0 Å². The zero-order valence-corrected chi connectivity index (χ0v) is 12.9. The second-order valence-electron chi connectivity index (χ2n) is 5.20. The van der Waals surface area contributed by atoms with Crippen LogP contribution >= 0.6 is 11.3 Å². The molecule has 0 saturated carbocycles. The molecular weight excluding hydrogens is 258 g/mol. The number of carbonyl (C=O) groups excluding carboxylic acids is 1. The van der Waals surface area contributed by atoms with Gasteiger partial charge >= 0.3 is 0 Å². The molecule has 1 unspecified atom stereocenters. The molecule has 1 saturated heterocycles. The maximum Gasteiger partial charge on any atom is 0.177 e. The van der Waals surface area contributed by atoms with Crippen molar-refractivity contribution in [1.82, 2.24) is 4.90 Å². The van der Waals surface area contributed by atoms with Gasteiger partial charge < -0.3 is 4.74 Å². The number of thiophene rings is 1. The molecule has 1 atom stereocenters. The van der Waals surface area contributed by atoms with Crippen molar-refractivity contribution in [2.24, 2.45) is 0 Å². The van der Waals surface area contributed by atoms with E-state index in [4.69, 9.17) is 4.74 Å². The Balaban J connectivity index is 1.93. The Morgan fingerprint density at radius 1 is 1.53 bits per heavy atom. The Bertz CT molecular complexity index is 439. The molecule has 1 aliphatic heterocycles. The molecule has 1 aromatic heterocycles. The normalized spacial score (nSPS) is 20.7. The van der Waals surface area contributed by atoms with E-state index in [1.54, 1.807) is 11.3 Å². The van der Waals surface area contributed by atoms with Crippen LogP contribution in [0, 0.1) is 13.8 Å². The van der Waals surface area contributed by atoms with Crippen molar-refractivity contribution in [1.29, 1.82) is 0 Å². The predicted molar refractivity (Wildman–Crippen MR) is 79.2 cm³/mol. The zero-order chi connectivity index (χ0) is 13.8. The van der Waals surface area contributed by atoms with Crippen LogP contribution in [0.4, 0.5) is 0 Å². The van der Waals surface area contributed by atoms with Crippen LogP contribution in [0.15, 0.2) is 6.07 Å². The molecule has 106 valence electrons. The van der Waals surface area contributed by atoms with E-state index in [1.807, 2.05) is 19.9 Å². The molecule has 4 heteroatoms. The molecule has 2 rings (SSSR count). The van der Waals surface area contributed by atoms with Gasteiger partial charge in [-0.15, -0.1) is 11.3 Å². The smallest absolute Gasteiger partial charge is 0.177 e. The summed E-state index contributed by atoms with van der Waals surface area (Å²) in [5.41, 5.74) is 0.904. The summed E-state index contributed by atoms with van der Waals surface area (Å²) in [6.07, 6.45) is 2.55. The van der Waals surface area contributed by atoms with E-state index in [0.29, 0.717) is 12.6 Å². The van der Waals surface area contributed by atoms with Crippen molar-refractivity contribution in [3.05, 3.63) is 21.4 Å². The number of Topliss-reactive ketones (excluding diaryl/α,β-unsaturated/α-hetero) is 1. The Hall–Kier alpha value is -0.710. The summed E-state index contributed by atoms with van der Waals surface area (Å²) in [7, 11) is 0. The molecule has 3 nitrogen and oxygen atoms in total. The van der Waals surface area contributed by atoms with Gasteiger partial charge in [0.15, 0.2) is 5.78 Å². The summed E-state index contributed by atoms with van der Waals surface area (Å²) < 4.78 is 5.68. The molecule has 1 aliphatic rings. The third kappa shape index (κ3) is 3.88. The Kier molecular flexibility index (Phi) is 5.13. The highest BCUT2D eigenvalue weighted by Gasteiger charge is 2.23. The van der Waals surface area contributed by atoms with E-state index >= 15 is 0 Å². The summed E-state index contributed by atoms with van der Waals surface area (Å²) in [6, 6.07) is 2.02. The van der Waals surface area contributed by atoms with Gasteiger partial charge in [-0.1, -0.05) is 0 Å². The lowest BCUT2D eigenvalue weighted by atomic mass is 10.1. The highest BCUT2D eigenvalue weighted by molar-refractivity contribution is 7.12. The number of piperidine rings is 1. The first kappa shape index (κ1) is 14.7. The highest BCUT2D eigenvalue weighted by atomic mass is 32.1. The lowest BCUT2D eigenvalue weighted by Gasteiger charge is -2.31. The topological polar surface area (TPSA) is 29.5 Å². The summed E-state index contributed by atoms with van der Waals surface area (Å²) in [5, 5.41) is 0. The first-order chi connectivity index (χ1) is 9.10. The van der Waals surface area contributed by atoms with Crippen LogP contribution < -0.4 is 0 Å². The molecular formula is C15H23NO2S. The van der Waals surface area contributed by atoms with Gasteiger partial charge in [-0.05, 0) is 46.2 Å². The number of hydrogen-bond acceptors (Lipinski definition) is 4. The van der Waals surface area contributed by atoms with Crippen molar-refractivity contribution in [2.75, 3.05) is 26.2 Å². The summed E-state index contributed by atoms with van der Waals surface area (Å²) in [5.74, 6) is 0.249. The minimum atomic E-state index is 0.249. The van der Waals surface area contributed by atoms with E-state index in [-0.39, 0.29) is 5.78 Å². The number of ether oxygens (including phenoxy) is 1. The number of rotatable bonds is 5. The fourth-order valence-electron chi connectivity index (χ4n) is 2.72.